The number of hydrogen-bond acceptors (Lipinski definition) is 4. The Bertz CT molecular complexity index is 684. The molecular weight excluding hydrogens is 334 g/mol. The zero-order chi connectivity index (χ0) is 17.9. The van der Waals surface area contributed by atoms with Gasteiger partial charge in [0.1, 0.15) is 0 Å². The van der Waals surface area contributed by atoms with E-state index >= 15 is 0 Å². The van der Waals surface area contributed by atoms with Crippen molar-refractivity contribution in [2.75, 3.05) is 20.1 Å². The van der Waals surface area contributed by atoms with Crippen molar-refractivity contribution in [3.63, 3.8) is 0 Å². The van der Waals surface area contributed by atoms with Crippen LogP contribution in [0.5, 0.6) is 0 Å². The number of aliphatic carboxylic acids is 2. The highest BCUT2D eigenvalue weighted by Crippen LogP contribution is 2.41. The number of benzene rings is 1. The second-order valence-electron chi connectivity index (χ2n) is 5.96. The Labute approximate surface area is 144 Å². The lowest BCUT2D eigenvalue weighted by Crippen LogP contribution is -2.23. The van der Waals surface area contributed by atoms with Crippen LogP contribution in [0.1, 0.15) is 28.3 Å². The van der Waals surface area contributed by atoms with Crippen LogP contribution in [0.2, 0.25) is 5.02 Å². The minimum absolute atomic E-state index is 0.281. The van der Waals surface area contributed by atoms with Crippen LogP contribution in [0.3, 0.4) is 0 Å². The Morgan fingerprint density at radius 3 is 2.42 bits per heavy atom. The number of carboxylic acid groups (broad SMARTS) is 2. The molecule has 3 rings (SSSR count). The van der Waals surface area contributed by atoms with Crippen molar-refractivity contribution in [2.45, 2.75) is 12.3 Å². The fourth-order valence-electron chi connectivity index (χ4n) is 3.23. The van der Waals surface area contributed by atoms with Gasteiger partial charge in [-0.15, -0.1) is 0 Å². The molecule has 0 spiro atoms. The second kappa shape index (κ2) is 7.59. The first-order chi connectivity index (χ1) is 11.3. The van der Waals surface area contributed by atoms with Crippen molar-refractivity contribution >= 4 is 29.3 Å². The fraction of sp³-hybridized carbons (Fsp3) is 0.353. The molecule has 1 saturated heterocycles. The molecule has 0 saturated carbocycles. The standard InChI is InChI=1S/C13H14ClNO.C4H4O4/c1-15-6-8-4-13(16)10-3-2-9(14)5-11(10)12(8)7-15;5-3(6)1-2-4(7)8/h2-3,5,8,12H,4,6-7H2,1H3;1-2H,(H,5,6)(H,7,8). The largest absolute Gasteiger partial charge is 0.478 e. The van der Waals surface area contributed by atoms with Crippen LogP contribution in [-0.4, -0.2) is 53.0 Å². The summed E-state index contributed by atoms with van der Waals surface area (Å²) >= 11 is 6.03. The lowest BCUT2D eigenvalue weighted by Gasteiger charge is -2.26. The number of likely N-dealkylation sites (tertiary alicyclic amines) is 1. The Kier molecular flexibility index (Phi) is 5.75. The molecule has 1 aliphatic heterocycles. The monoisotopic (exact) mass is 351 g/mol. The summed E-state index contributed by atoms with van der Waals surface area (Å²) in [6.07, 6.45) is 1.81. The lowest BCUT2D eigenvalue weighted by molar-refractivity contribution is -0.134. The van der Waals surface area contributed by atoms with Crippen molar-refractivity contribution in [1.29, 1.82) is 0 Å². The molecule has 1 aliphatic carbocycles. The number of carbonyl (C=O) groups excluding carboxylic acids is 1. The molecule has 1 aromatic carbocycles. The molecule has 0 aromatic heterocycles. The number of hydrogen-bond donors (Lipinski definition) is 2. The third-order valence-electron chi connectivity index (χ3n) is 4.15. The number of nitrogens with zero attached hydrogens (tertiary/aromatic N) is 1. The van der Waals surface area contributed by atoms with Crippen molar-refractivity contribution in [3.8, 4) is 0 Å². The van der Waals surface area contributed by atoms with E-state index in [4.69, 9.17) is 21.8 Å². The number of halogens is 1. The normalized spacial score (nSPS) is 22.5. The van der Waals surface area contributed by atoms with E-state index < -0.39 is 11.9 Å². The molecular formula is C17H18ClNO5. The molecule has 6 nitrogen and oxygen atoms in total. The molecule has 1 heterocycles. The second-order valence-corrected chi connectivity index (χ2v) is 6.39. The average molecular weight is 352 g/mol. The molecule has 2 atom stereocenters. The van der Waals surface area contributed by atoms with Gasteiger partial charge in [0.05, 0.1) is 0 Å². The third kappa shape index (κ3) is 4.43. The smallest absolute Gasteiger partial charge is 0.328 e. The molecule has 7 heteroatoms. The van der Waals surface area contributed by atoms with E-state index in [1.54, 1.807) is 0 Å². The first-order valence-electron chi connectivity index (χ1n) is 7.43. The molecule has 24 heavy (non-hydrogen) atoms. The van der Waals surface area contributed by atoms with Crippen LogP contribution in [0.15, 0.2) is 30.4 Å². The van der Waals surface area contributed by atoms with E-state index in [-0.39, 0.29) is 5.78 Å². The molecule has 2 N–H and O–H groups in total. The third-order valence-corrected chi connectivity index (χ3v) is 4.39. The quantitative estimate of drug-likeness (QED) is 0.794. The summed E-state index contributed by atoms with van der Waals surface area (Å²) in [5.41, 5.74) is 2.05. The Balaban J connectivity index is 0.000000224. The van der Waals surface area contributed by atoms with Crippen molar-refractivity contribution in [3.05, 3.63) is 46.5 Å². The summed E-state index contributed by atoms with van der Waals surface area (Å²) in [7, 11) is 2.12. The summed E-state index contributed by atoms with van der Waals surface area (Å²) < 4.78 is 0. The van der Waals surface area contributed by atoms with Gasteiger partial charge >= 0.3 is 11.9 Å². The van der Waals surface area contributed by atoms with E-state index in [0.717, 1.165) is 29.2 Å². The SMILES string of the molecule is CN1CC2CC(=O)c3ccc(Cl)cc3C2C1.O=C(O)C=CC(=O)O. The van der Waals surface area contributed by atoms with Gasteiger partial charge in [0.15, 0.2) is 5.78 Å². The number of carboxylic acids is 2. The molecule has 0 amide bonds. The van der Waals surface area contributed by atoms with E-state index in [0.29, 0.717) is 30.4 Å². The Morgan fingerprint density at radius 1 is 1.21 bits per heavy atom. The van der Waals surface area contributed by atoms with E-state index in [1.165, 1.54) is 0 Å². The van der Waals surface area contributed by atoms with Crippen LogP contribution in [0.4, 0.5) is 0 Å². The summed E-state index contributed by atoms with van der Waals surface area (Å²) in [4.78, 5) is 33.4. The number of fused-ring (bicyclic) bond motifs is 3. The molecule has 2 aliphatic rings. The summed E-state index contributed by atoms with van der Waals surface area (Å²) in [5, 5.41) is 16.4. The van der Waals surface area contributed by atoms with Gasteiger partial charge in [-0.25, -0.2) is 9.59 Å². The number of Topliss-reactive ketones (excluding diaryl/α,β-unsaturated/α-hetero) is 1. The fourth-order valence-corrected chi connectivity index (χ4v) is 3.41. The average Bonchev–Trinajstić information content (AvgIpc) is 2.86. The van der Waals surface area contributed by atoms with Crippen molar-refractivity contribution in [1.82, 2.24) is 4.90 Å². The molecule has 1 aromatic rings. The first-order valence-corrected chi connectivity index (χ1v) is 7.81. The van der Waals surface area contributed by atoms with Crippen LogP contribution in [0, 0.1) is 5.92 Å². The summed E-state index contributed by atoms with van der Waals surface area (Å²) in [5.74, 6) is -1.25. The van der Waals surface area contributed by atoms with Crippen LogP contribution < -0.4 is 0 Å². The van der Waals surface area contributed by atoms with Crippen LogP contribution in [-0.2, 0) is 9.59 Å². The van der Waals surface area contributed by atoms with Gasteiger partial charge in [0.25, 0.3) is 0 Å². The minimum Gasteiger partial charge on any atom is -0.478 e. The summed E-state index contributed by atoms with van der Waals surface area (Å²) in [6.45, 7) is 2.08. The highest BCUT2D eigenvalue weighted by molar-refractivity contribution is 6.30. The number of rotatable bonds is 2. The number of ketones is 1. The highest BCUT2D eigenvalue weighted by Gasteiger charge is 2.39. The predicted molar refractivity (Wildman–Crippen MR) is 88.5 cm³/mol. The van der Waals surface area contributed by atoms with Crippen molar-refractivity contribution < 1.29 is 24.6 Å². The summed E-state index contributed by atoms with van der Waals surface area (Å²) in [6, 6.07) is 5.68. The highest BCUT2D eigenvalue weighted by atomic mass is 35.5. The van der Waals surface area contributed by atoms with Gasteiger partial charge in [-0.3, -0.25) is 4.79 Å². The van der Waals surface area contributed by atoms with Gasteiger partial charge in [-0.1, -0.05) is 11.6 Å². The molecule has 128 valence electrons. The van der Waals surface area contributed by atoms with Crippen LogP contribution >= 0.6 is 11.6 Å². The van der Waals surface area contributed by atoms with Gasteiger partial charge < -0.3 is 15.1 Å². The number of likely N-dealkylation sites (N-methyl/N-ethyl adjacent to an activating group) is 1. The van der Waals surface area contributed by atoms with E-state index in [9.17, 15) is 14.4 Å². The van der Waals surface area contributed by atoms with E-state index in [1.807, 2.05) is 18.2 Å². The Morgan fingerprint density at radius 2 is 1.83 bits per heavy atom. The topological polar surface area (TPSA) is 94.9 Å². The number of carbonyl (C=O) groups is 3. The van der Waals surface area contributed by atoms with Crippen molar-refractivity contribution in [2.24, 2.45) is 5.92 Å². The van der Waals surface area contributed by atoms with Gasteiger partial charge in [-0.2, -0.15) is 0 Å². The maximum Gasteiger partial charge on any atom is 0.328 e. The predicted octanol–water partition coefficient (Wildman–Crippen LogP) is 2.28. The Hall–Kier alpha value is -2.18. The maximum atomic E-state index is 12.0. The van der Waals surface area contributed by atoms with Gasteiger partial charge in [0.2, 0.25) is 0 Å². The van der Waals surface area contributed by atoms with E-state index in [2.05, 4.69) is 11.9 Å². The first kappa shape index (κ1) is 18.2. The van der Waals surface area contributed by atoms with Crippen LogP contribution in [0.25, 0.3) is 0 Å². The molecule has 0 radical (unpaired) electrons. The zero-order valence-corrected chi connectivity index (χ0v) is 13.9. The maximum absolute atomic E-state index is 12.0. The zero-order valence-electron chi connectivity index (χ0n) is 13.1. The molecule has 2 unspecified atom stereocenters. The lowest BCUT2D eigenvalue weighted by atomic mass is 9.76. The molecule has 1 fully saturated rings. The van der Waals surface area contributed by atoms with Gasteiger partial charge in [-0.05, 0) is 36.7 Å². The van der Waals surface area contributed by atoms with Gasteiger partial charge in [0, 0.05) is 48.2 Å². The minimum atomic E-state index is -1.26. The molecule has 0 bridgehead atoms.